The number of carbonyl (C=O) groups is 1. The lowest BCUT2D eigenvalue weighted by Crippen LogP contribution is -2.41. The maximum absolute atomic E-state index is 12.5. The fourth-order valence-electron chi connectivity index (χ4n) is 2.75. The Morgan fingerprint density at radius 1 is 1.04 bits per heavy atom. The van der Waals surface area contributed by atoms with Gasteiger partial charge in [-0.25, -0.2) is 13.2 Å². The van der Waals surface area contributed by atoms with Gasteiger partial charge in [0.1, 0.15) is 6.61 Å². The number of sulfone groups is 1. The van der Waals surface area contributed by atoms with E-state index in [0.29, 0.717) is 11.3 Å². The maximum atomic E-state index is 12.5. The Bertz CT molecular complexity index is 791. The van der Waals surface area contributed by atoms with E-state index in [4.69, 9.17) is 4.74 Å². The molecule has 0 aliphatic carbocycles. The average molecular weight is 375 g/mol. The van der Waals surface area contributed by atoms with Crippen molar-refractivity contribution in [1.29, 1.82) is 0 Å². The van der Waals surface area contributed by atoms with Gasteiger partial charge < -0.3 is 10.1 Å². The fourth-order valence-corrected chi connectivity index (χ4v) is 4.44. The summed E-state index contributed by atoms with van der Waals surface area (Å²) in [6, 6.07) is 17.5. The van der Waals surface area contributed by atoms with E-state index in [2.05, 4.69) is 5.32 Å². The highest BCUT2D eigenvalue weighted by Gasteiger charge is 2.25. The minimum absolute atomic E-state index is 0.0332. The summed E-state index contributed by atoms with van der Waals surface area (Å²) < 4.78 is 30.3. The van der Waals surface area contributed by atoms with Gasteiger partial charge in [0.05, 0.1) is 10.6 Å². The quantitative estimate of drug-likeness (QED) is 0.762. The zero-order valence-corrected chi connectivity index (χ0v) is 15.9. The minimum atomic E-state index is -3.40. The molecular weight excluding hydrogens is 350 g/mol. The van der Waals surface area contributed by atoms with Crippen molar-refractivity contribution in [3.8, 4) is 0 Å². The lowest BCUT2D eigenvalue weighted by Gasteiger charge is -2.23. The maximum Gasteiger partial charge on any atom is 0.407 e. The molecule has 0 aliphatic rings. The largest absolute Gasteiger partial charge is 0.445 e. The van der Waals surface area contributed by atoms with Gasteiger partial charge in [0.2, 0.25) is 0 Å². The Kier molecular flexibility index (Phi) is 7.21. The Hall–Kier alpha value is -2.34. The number of hydrogen-bond acceptors (Lipinski definition) is 4. The van der Waals surface area contributed by atoms with Crippen molar-refractivity contribution in [2.24, 2.45) is 5.92 Å². The first-order chi connectivity index (χ1) is 12.4. The van der Waals surface area contributed by atoms with Gasteiger partial charge in [0.15, 0.2) is 9.84 Å². The number of nitrogens with one attached hydrogen (secondary N) is 1. The number of amides is 1. The topological polar surface area (TPSA) is 72.5 Å². The summed E-state index contributed by atoms with van der Waals surface area (Å²) in [6.07, 6.45) is 0.0796. The van der Waals surface area contributed by atoms with E-state index in [1.165, 1.54) is 0 Å². The third-order valence-electron chi connectivity index (χ3n) is 4.23. The van der Waals surface area contributed by atoms with Crippen LogP contribution < -0.4 is 5.32 Å². The Labute approximate surface area is 155 Å². The van der Waals surface area contributed by atoms with E-state index in [9.17, 15) is 13.2 Å². The highest BCUT2D eigenvalue weighted by atomic mass is 32.2. The van der Waals surface area contributed by atoms with Gasteiger partial charge in [-0.2, -0.15) is 0 Å². The number of ether oxygens (including phenoxy) is 1. The van der Waals surface area contributed by atoms with Gasteiger partial charge >= 0.3 is 6.09 Å². The van der Waals surface area contributed by atoms with E-state index in [0.717, 1.165) is 5.56 Å². The van der Waals surface area contributed by atoms with Gasteiger partial charge in [0, 0.05) is 6.04 Å². The second kappa shape index (κ2) is 9.38. The van der Waals surface area contributed by atoms with Crippen LogP contribution >= 0.6 is 0 Å². The molecule has 2 atom stereocenters. The van der Waals surface area contributed by atoms with Gasteiger partial charge in [-0.15, -0.1) is 0 Å². The third kappa shape index (κ3) is 5.88. The molecule has 0 saturated carbocycles. The van der Waals surface area contributed by atoms with Crippen LogP contribution in [0.3, 0.4) is 0 Å². The molecule has 0 radical (unpaired) electrons. The fraction of sp³-hybridized carbons (Fsp3) is 0.350. The van der Waals surface area contributed by atoms with E-state index < -0.39 is 15.9 Å². The second-order valence-electron chi connectivity index (χ2n) is 6.29. The molecule has 2 rings (SSSR count). The summed E-state index contributed by atoms with van der Waals surface area (Å²) >= 11 is 0. The minimum Gasteiger partial charge on any atom is -0.445 e. The summed E-state index contributed by atoms with van der Waals surface area (Å²) in [5.74, 6) is -0.274. The first kappa shape index (κ1) is 20.0. The molecule has 26 heavy (non-hydrogen) atoms. The van der Waals surface area contributed by atoms with Crippen LogP contribution in [-0.4, -0.2) is 26.3 Å². The number of hydrogen-bond donors (Lipinski definition) is 1. The van der Waals surface area contributed by atoms with Crippen molar-refractivity contribution in [3.05, 3.63) is 66.2 Å². The van der Waals surface area contributed by atoms with Crippen molar-refractivity contribution >= 4 is 15.9 Å². The summed E-state index contributed by atoms with van der Waals surface area (Å²) in [4.78, 5) is 12.3. The summed E-state index contributed by atoms with van der Waals surface area (Å²) in [5.41, 5.74) is 0.899. The third-order valence-corrected chi connectivity index (χ3v) is 6.18. The molecule has 0 fully saturated rings. The van der Waals surface area contributed by atoms with Crippen molar-refractivity contribution < 1.29 is 17.9 Å². The molecule has 5 nitrogen and oxygen atoms in total. The standard InChI is InChI=1S/C20H25NO4S/c1-3-19(21-20(22)25-14-17-10-6-4-7-11-17)16(2)15-26(23,24)18-12-8-5-9-13-18/h4-13,16,19H,3,14-15H2,1-2H3,(H,21,22)/t16-,19-/m1/s1. The van der Waals surface area contributed by atoms with E-state index in [1.54, 1.807) is 30.3 Å². The lowest BCUT2D eigenvalue weighted by molar-refractivity contribution is 0.132. The van der Waals surface area contributed by atoms with Gasteiger partial charge in [-0.3, -0.25) is 0 Å². The predicted molar refractivity (Wildman–Crippen MR) is 102 cm³/mol. The van der Waals surface area contributed by atoms with Crippen molar-refractivity contribution in [2.45, 2.75) is 37.8 Å². The van der Waals surface area contributed by atoms with Gasteiger partial charge in [-0.05, 0) is 30.0 Å². The first-order valence-electron chi connectivity index (χ1n) is 8.67. The predicted octanol–water partition coefficient (Wildman–Crippen LogP) is 3.80. The molecule has 1 N–H and O–H groups in total. The van der Waals surface area contributed by atoms with Crippen LogP contribution in [0.4, 0.5) is 4.79 Å². The summed E-state index contributed by atoms with van der Waals surface area (Å²) in [6.45, 7) is 3.92. The smallest absolute Gasteiger partial charge is 0.407 e. The average Bonchev–Trinajstić information content (AvgIpc) is 2.65. The van der Waals surface area contributed by atoms with Gasteiger partial charge in [0.25, 0.3) is 0 Å². The molecular formula is C20H25NO4S. The van der Waals surface area contributed by atoms with Crippen LogP contribution in [0.15, 0.2) is 65.6 Å². The Balaban J connectivity index is 1.91. The molecule has 6 heteroatoms. The van der Waals surface area contributed by atoms with E-state index >= 15 is 0 Å². The normalized spacial score (nSPS) is 13.6. The van der Waals surface area contributed by atoms with Gasteiger partial charge in [-0.1, -0.05) is 62.4 Å². The van der Waals surface area contributed by atoms with Crippen LogP contribution in [0.1, 0.15) is 25.8 Å². The van der Waals surface area contributed by atoms with Crippen molar-refractivity contribution in [1.82, 2.24) is 5.32 Å². The van der Waals surface area contributed by atoms with E-state index in [1.807, 2.05) is 44.2 Å². The highest BCUT2D eigenvalue weighted by Crippen LogP contribution is 2.17. The SMILES string of the molecule is CC[C@@H](NC(=O)OCc1ccccc1)[C@H](C)CS(=O)(=O)c1ccccc1. The van der Waals surface area contributed by atoms with Crippen molar-refractivity contribution in [3.63, 3.8) is 0 Å². The molecule has 2 aromatic rings. The molecule has 0 heterocycles. The van der Waals surface area contributed by atoms with E-state index in [-0.39, 0.29) is 24.3 Å². The molecule has 0 aromatic heterocycles. The first-order valence-corrected chi connectivity index (χ1v) is 10.3. The van der Waals surface area contributed by atoms with Crippen LogP contribution in [0.2, 0.25) is 0 Å². The molecule has 140 valence electrons. The van der Waals surface area contributed by atoms with Crippen LogP contribution in [-0.2, 0) is 21.2 Å². The number of carbonyl (C=O) groups excluding carboxylic acids is 1. The number of alkyl carbamates (subject to hydrolysis) is 1. The number of benzene rings is 2. The Morgan fingerprint density at radius 3 is 2.19 bits per heavy atom. The molecule has 2 aromatic carbocycles. The molecule has 0 aliphatic heterocycles. The molecule has 1 amide bonds. The summed E-state index contributed by atoms with van der Waals surface area (Å²) in [7, 11) is -3.40. The second-order valence-corrected chi connectivity index (χ2v) is 8.33. The lowest BCUT2D eigenvalue weighted by atomic mass is 10.0. The molecule has 0 bridgehead atoms. The van der Waals surface area contributed by atoms with Crippen LogP contribution in [0.25, 0.3) is 0 Å². The monoisotopic (exact) mass is 375 g/mol. The zero-order valence-electron chi connectivity index (χ0n) is 15.1. The summed E-state index contributed by atoms with van der Waals surface area (Å²) in [5, 5.41) is 2.79. The zero-order chi connectivity index (χ0) is 19.0. The molecule has 0 spiro atoms. The number of rotatable bonds is 8. The van der Waals surface area contributed by atoms with Crippen LogP contribution in [0, 0.1) is 5.92 Å². The highest BCUT2D eigenvalue weighted by molar-refractivity contribution is 7.91. The van der Waals surface area contributed by atoms with Crippen molar-refractivity contribution in [2.75, 3.05) is 5.75 Å². The molecule has 0 saturated heterocycles. The molecule has 0 unspecified atom stereocenters. The van der Waals surface area contributed by atoms with Crippen LogP contribution in [0.5, 0.6) is 0 Å². The Morgan fingerprint density at radius 2 is 1.62 bits per heavy atom.